The lowest BCUT2D eigenvalue weighted by Gasteiger charge is -2.17. The molecular formula is C14H17BrFNO2. The highest BCUT2D eigenvalue weighted by molar-refractivity contribution is 9.10. The van der Waals surface area contributed by atoms with Gasteiger partial charge in [0.1, 0.15) is 5.82 Å². The molecule has 1 saturated heterocycles. The van der Waals surface area contributed by atoms with Crippen molar-refractivity contribution in [1.29, 1.82) is 0 Å². The quantitative estimate of drug-likeness (QED) is 0.921. The van der Waals surface area contributed by atoms with Crippen molar-refractivity contribution < 1.29 is 13.9 Å². The summed E-state index contributed by atoms with van der Waals surface area (Å²) >= 11 is 3.10. The third kappa shape index (κ3) is 3.34. The molecule has 1 aromatic rings. The second-order valence-electron chi connectivity index (χ2n) is 4.68. The zero-order valence-electron chi connectivity index (χ0n) is 10.8. The molecule has 1 heterocycles. The van der Waals surface area contributed by atoms with E-state index in [1.165, 1.54) is 12.1 Å². The van der Waals surface area contributed by atoms with E-state index in [1.54, 1.807) is 6.07 Å². The predicted molar refractivity (Wildman–Crippen MR) is 74.6 cm³/mol. The molecule has 104 valence electrons. The Bertz CT molecular complexity index is 467. The molecule has 19 heavy (non-hydrogen) atoms. The molecule has 2 atom stereocenters. The van der Waals surface area contributed by atoms with Crippen molar-refractivity contribution in [1.82, 2.24) is 5.32 Å². The molecule has 2 rings (SSSR count). The van der Waals surface area contributed by atoms with E-state index in [2.05, 4.69) is 28.2 Å². The smallest absolute Gasteiger partial charge is 0.252 e. The monoisotopic (exact) mass is 329 g/mol. The van der Waals surface area contributed by atoms with Gasteiger partial charge in [-0.2, -0.15) is 0 Å². The summed E-state index contributed by atoms with van der Waals surface area (Å²) in [5.41, 5.74) is 0.326. The first kappa shape index (κ1) is 14.5. The van der Waals surface area contributed by atoms with E-state index in [1.807, 2.05) is 0 Å². The number of hydrogen-bond donors (Lipinski definition) is 1. The zero-order chi connectivity index (χ0) is 13.8. The summed E-state index contributed by atoms with van der Waals surface area (Å²) in [6, 6.07) is 4.45. The van der Waals surface area contributed by atoms with Gasteiger partial charge in [0.25, 0.3) is 5.91 Å². The maximum absolute atomic E-state index is 13.4. The molecule has 0 aromatic heterocycles. The lowest BCUT2D eigenvalue weighted by molar-refractivity contribution is 0.0826. The third-order valence-corrected chi connectivity index (χ3v) is 4.28. The molecule has 1 aliphatic heterocycles. The van der Waals surface area contributed by atoms with E-state index in [4.69, 9.17) is 4.74 Å². The van der Waals surface area contributed by atoms with Gasteiger partial charge in [0, 0.05) is 19.1 Å². The number of nitrogens with one attached hydrogen (secondary N) is 1. The summed E-state index contributed by atoms with van der Waals surface area (Å²) in [5, 5.41) is 2.86. The van der Waals surface area contributed by atoms with Crippen molar-refractivity contribution in [3.05, 3.63) is 34.1 Å². The molecule has 0 aliphatic carbocycles. The van der Waals surface area contributed by atoms with Gasteiger partial charge in [-0.25, -0.2) is 4.39 Å². The Labute approximate surface area is 120 Å². The molecule has 0 spiro atoms. The van der Waals surface area contributed by atoms with Gasteiger partial charge in [-0.3, -0.25) is 4.79 Å². The van der Waals surface area contributed by atoms with Crippen molar-refractivity contribution in [2.75, 3.05) is 13.2 Å². The van der Waals surface area contributed by atoms with Gasteiger partial charge in [-0.05, 0) is 40.9 Å². The van der Waals surface area contributed by atoms with Crippen LogP contribution in [0.25, 0.3) is 0 Å². The van der Waals surface area contributed by atoms with E-state index in [0.29, 0.717) is 18.0 Å². The molecule has 3 nitrogen and oxygen atoms in total. The first-order chi connectivity index (χ1) is 9.13. The molecule has 1 aliphatic rings. The van der Waals surface area contributed by atoms with Crippen molar-refractivity contribution in [2.45, 2.75) is 25.9 Å². The fraction of sp³-hybridized carbons (Fsp3) is 0.500. The third-order valence-electron chi connectivity index (χ3n) is 3.47. The Morgan fingerprint density at radius 2 is 2.37 bits per heavy atom. The second-order valence-corrected chi connectivity index (χ2v) is 5.47. The number of benzene rings is 1. The van der Waals surface area contributed by atoms with Crippen LogP contribution in [0, 0.1) is 11.7 Å². The molecule has 5 heteroatoms. The number of carbonyl (C=O) groups is 1. The Kier molecular flexibility index (Phi) is 4.93. The van der Waals surface area contributed by atoms with Gasteiger partial charge >= 0.3 is 0 Å². The number of carbonyl (C=O) groups excluding carboxylic acids is 1. The minimum Gasteiger partial charge on any atom is -0.378 e. The van der Waals surface area contributed by atoms with Crippen molar-refractivity contribution in [3.8, 4) is 0 Å². The minimum atomic E-state index is -0.428. The average molecular weight is 330 g/mol. The highest BCUT2D eigenvalue weighted by atomic mass is 79.9. The fourth-order valence-electron chi connectivity index (χ4n) is 2.38. The predicted octanol–water partition coefficient (Wildman–Crippen LogP) is 3.13. The summed E-state index contributed by atoms with van der Waals surface area (Å²) in [6.07, 6.45) is 2.13. The van der Waals surface area contributed by atoms with Crippen LogP contribution in [-0.2, 0) is 4.74 Å². The van der Waals surface area contributed by atoms with E-state index in [-0.39, 0.29) is 16.5 Å². The van der Waals surface area contributed by atoms with Crippen LogP contribution in [0.1, 0.15) is 30.1 Å². The molecule has 0 bridgehead atoms. The van der Waals surface area contributed by atoms with Crippen LogP contribution in [0.4, 0.5) is 4.39 Å². The molecule has 1 aromatic carbocycles. The van der Waals surface area contributed by atoms with Gasteiger partial charge in [-0.1, -0.05) is 13.0 Å². The van der Waals surface area contributed by atoms with Crippen molar-refractivity contribution in [2.24, 2.45) is 5.92 Å². The number of halogens is 2. The van der Waals surface area contributed by atoms with Gasteiger partial charge in [0.15, 0.2) is 0 Å². The molecule has 1 amide bonds. The SMILES string of the molecule is CCC1OCCC1CNC(=O)c1cccc(F)c1Br. The Balaban J connectivity index is 1.96. The Morgan fingerprint density at radius 3 is 3.11 bits per heavy atom. The number of amides is 1. The molecule has 2 unspecified atom stereocenters. The lowest BCUT2D eigenvalue weighted by atomic mass is 9.99. The normalized spacial score (nSPS) is 22.5. The molecule has 0 radical (unpaired) electrons. The fourth-order valence-corrected chi connectivity index (χ4v) is 2.82. The summed E-state index contributed by atoms with van der Waals surface area (Å²) in [5.74, 6) is -0.335. The highest BCUT2D eigenvalue weighted by Gasteiger charge is 2.27. The number of ether oxygens (including phenoxy) is 1. The minimum absolute atomic E-state index is 0.210. The molecule has 0 saturated carbocycles. The standard InChI is InChI=1S/C14H17BrFNO2/c1-2-12-9(6-7-19-12)8-17-14(18)10-4-3-5-11(16)13(10)15/h3-5,9,12H,2,6-8H2,1H3,(H,17,18). The van der Waals surface area contributed by atoms with Crippen LogP contribution in [-0.4, -0.2) is 25.2 Å². The van der Waals surface area contributed by atoms with E-state index in [9.17, 15) is 9.18 Å². The van der Waals surface area contributed by atoms with Gasteiger partial charge in [-0.15, -0.1) is 0 Å². The summed E-state index contributed by atoms with van der Waals surface area (Å²) in [7, 11) is 0. The van der Waals surface area contributed by atoms with E-state index in [0.717, 1.165) is 19.4 Å². The first-order valence-electron chi connectivity index (χ1n) is 6.47. The molecule has 1 N–H and O–H groups in total. The van der Waals surface area contributed by atoms with Gasteiger partial charge < -0.3 is 10.1 Å². The summed E-state index contributed by atoms with van der Waals surface area (Å²) in [4.78, 5) is 12.0. The van der Waals surface area contributed by atoms with E-state index < -0.39 is 5.82 Å². The van der Waals surface area contributed by atoms with Crippen LogP contribution in [0.5, 0.6) is 0 Å². The molecular weight excluding hydrogens is 313 g/mol. The van der Waals surface area contributed by atoms with Crippen LogP contribution in [0.2, 0.25) is 0 Å². The van der Waals surface area contributed by atoms with Crippen LogP contribution >= 0.6 is 15.9 Å². The van der Waals surface area contributed by atoms with Crippen LogP contribution < -0.4 is 5.32 Å². The molecule has 1 fully saturated rings. The second kappa shape index (κ2) is 6.48. The Morgan fingerprint density at radius 1 is 1.58 bits per heavy atom. The number of rotatable bonds is 4. The maximum Gasteiger partial charge on any atom is 0.252 e. The van der Waals surface area contributed by atoms with Crippen LogP contribution in [0.15, 0.2) is 22.7 Å². The van der Waals surface area contributed by atoms with E-state index >= 15 is 0 Å². The summed E-state index contributed by atoms with van der Waals surface area (Å²) in [6.45, 7) is 3.40. The van der Waals surface area contributed by atoms with Crippen LogP contribution in [0.3, 0.4) is 0 Å². The first-order valence-corrected chi connectivity index (χ1v) is 7.26. The lowest BCUT2D eigenvalue weighted by Crippen LogP contribution is -2.33. The maximum atomic E-state index is 13.4. The highest BCUT2D eigenvalue weighted by Crippen LogP contribution is 2.23. The van der Waals surface area contributed by atoms with Crippen molar-refractivity contribution >= 4 is 21.8 Å². The topological polar surface area (TPSA) is 38.3 Å². The van der Waals surface area contributed by atoms with Crippen molar-refractivity contribution in [3.63, 3.8) is 0 Å². The van der Waals surface area contributed by atoms with Gasteiger partial charge in [0.05, 0.1) is 16.1 Å². The number of hydrogen-bond acceptors (Lipinski definition) is 2. The zero-order valence-corrected chi connectivity index (χ0v) is 12.4. The largest absolute Gasteiger partial charge is 0.378 e. The Hall–Kier alpha value is -0.940. The van der Waals surface area contributed by atoms with Gasteiger partial charge in [0.2, 0.25) is 0 Å². The average Bonchev–Trinajstić information content (AvgIpc) is 2.86. The summed E-state index contributed by atoms with van der Waals surface area (Å²) < 4.78 is 19.1.